The first-order valence-electron chi connectivity index (χ1n) is 7.27. The Balaban J connectivity index is 2.17. The van der Waals surface area contributed by atoms with Crippen LogP contribution in [0.1, 0.15) is 59.3 Å². The van der Waals surface area contributed by atoms with Crippen molar-refractivity contribution in [3.63, 3.8) is 0 Å². The summed E-state index contributed by atoms with van der Waals surface area (Å²) in [6.45, 7) is 8.28. The molecule has 0 radical (unpaired) electrons. The Bertz CT molecular complexity index is 218. The quantitative estimate of drug-likeness (QED) is 0.425. The van der Waals surface area contributed by atoms with Crippen molar-refractivity contribution in [1.29, 1.82) is 0 Å². The van der Waals surface area contributed by atoms with Crippen molar-refractivity contribution in [3.05, 3.63) is 0 Å². The predicted octanol–water partition coefficient (Wildman–Crippen LogP) is 2.92. The highest BCUT2D eigenvalue weighted by atomic mass is 15.2. The van der Waals surface area contributed by atoms with Crippen LogP contribution < -0.4 is 10.6 Å². The lowest BCUT2D eigenvalue weighted by Gasteiger charge is -2.14. The average molecular weight is 239 g/mol. The molecular weight excluding hydrogens is 210 g/mol. The molecule has 0 aromatic rings. The van der Waals surface area contributed by atoms with Crippen LogP contribution in [-0.2, 0) is 0 Å². The zero-order chi connectivity index (χ0) is 12.5. The van der Waals surface area contributed by atoms with Gasteiger partial charge in [-0.15, -0.1) is 0 Å². The number of hydrogen-bond acceptors (Lipinski definition) is 1. The molecule has 3 heteroatoms. The second-order valence-electron chi connectivity index (χ2n) is 5.35. The van der Waals surface area contributed by atoms with Gasteiger partial charge in [0.25, 0.3) is 0 Å². The second kappa shape index (κ2) is 8.37. The summed E-state index contributed by atoms with van der Waals surface area (Å²) in [7, 11) is 0. The number of nitrogens with zero attached hydrogens (tertiary/aromatic N) is 1. The van der Waals surface area contributed by atoms with Gasteiger partial charge in [0.05, 0.1) is 0 Å². The third-order valence-corrected chi connectivity index (χ3v) is 3.28. The van der Waals surface area contributed by atoms with E-state index < -0.39 is 0 Å². The molecule has 0 amide bonds. The Morgan fingerprint density at radius 2 is 2.00 bits per heavy atom. The SMILES string of the molecule is CCNC(=NCCCC1CCCC1)NC(C)C. The summed E-state index contributed by atoms with van der Waals surface area (Å²) in [5.74, 6) is 1.96. The van der Waals surface area contributed by atoms with Gasteiger partial charge in [-0.05, 0) is 39.5 Å². The van der Waals surface area contributed by atoms with Crippen LogP contribution in [-0.4, -0.2) is 25.1 Å². The van der Waals surface area contributed by atoms with Crippen molar-refractivity contribution >= 4 is 5.96 Å². The van der Waals surface area contributed by atoms with Crippen molar-refractivity contribution in [2.75, 3.05) is 13.1 Å². The molecule has 0 heterocycles. The first-order chi connectivity index (χ1) is 8.22. The van der Waals surface area contributed by atoms with Gasteiger partial charge in [0.2, 0.25) is 0 Å². The van der Waals surface area contributed by atoms with Crippen molar-refractivity contribution in [2.45, 2.75) is 65.3 Å². The molecule has 1 aliphatic rings. The van der Waals surface area contributed by atoms with Crippen molar-refractivity contribution in [3.8, 4) is 0 Å². The lowest BCUT2D eigenvalue weighted by Crippen LogP contribution is -2.41. The largest absolute Gasteiger partial charge is 0.357 e. The van der Waals surface area contributed by atoms with Crippen LogP contribution in [0, 0.1) is 5.92 Å². The second-order valence-corrected chi connectivity index (χ2v) is 5.35. The van der Waals surface area contributed by atoms with Crippen LogP contribution in [0.3, 0.4) is 0 Å². The molecule has 17 heavy (non-hydrogen) atoms. The summed E-state index contributed by atoms with van der Waals surface area (Å²) >= 11 is 0. The lowest BCUT2D eigenvalue weighted by atomic mass is 10.0. The fraction of sp³-hybridized carbons (Fsp3) is 0.929. The van der Waals surface area contributed by atoms with Crippen LogP contribution in [0.15, 0.2) is 4.99 Å². The zero-order valence-electron chi connectivity index (χ0n) is 11.8. The Morgan fingerprint density at radius 1 is 1.29 bits per heavy atom. The molecule has 1 rings (SSSR count). The minimum atomic E-state index is 0.447. The van der Waals surface area contributed by atoms with E-state index in [2.05, 4.69) is 36.4 Å². The average Bonchev–Trinajstić information content (AvgIpc) is 2.76. The summed E-state index contributed by atoms with van der Waals surface area (Å²) in [6, 6.07) is 0.447. The first kappa shape index (κ1) is 14.3. The maximum absolute atomic E-state index is 4.61. The fourth-order valence-corrected chi connectivity index (χ4v) is 2.46. The van der Waals surface area contributed by atoms with Gasteiger partial charge in [-0.3, -0.25) is 4.99 Å². The first-order valence-corrected chi connectivity index (χ1v) is 7.27. The molecule has 1 fully saturated rings. The van der Waals surface area contributed by atoms with Gasteiger partial charge < -0.3 is 10.6 Å². The molecule has 3 nitrogen and oxygen atoms in total. The number of nitrogens with one attached hydrogen (secondary N) is 2. The third kappa shape index (κ3) is 6.54. The summed E-state index contributed by atoms with van der Waals surface area (Å²) < 4.78 is 0. The molecular formula is C14H29N3. The predicted molar refractivity (Wildman–Crippen MR) is 75.4 cm³/mol. The fourth-order valence-electron chi connectivity index (χ4n) is 2.46. The number of guanidine groups is 1. The highest BCUT2D eigenvalue weighted by Gasteiger charge is 2.13. The molecule has 0 unspecified atom stereocenters. The maximum atomic E-state index is 4.61. The Kier molecular flexibility index (Phi) is 7.06. The third-order valence-electron chi connectivity index (χ3n) is 3.28. The topological polar surface area (TPSA) is 36.4 Å². The number of aliphatic imine (C=N–C) groups is 1. The molecule has 0 atom stereocenters. The van der Waals surface area contributed by atoms with Crippen molar-refractivity contribution < 1.29 is 0 Å². The lowest BCUT2D eigenvalue weighted by molar-refractivity contribution is 0.487. The minimum absolute atomic E-state index is 0.447. The monoisotopic (exact) mass is 239 g/mol. The smallest absolute Gasteiger partial charge is 0.191 e. The summed E-state index contributed by atoms with van der Waals surface area (Å²) in [6.07, 6.45) is 8.41. The Morgan fingerprint density at radius 3 is 2.59 bits per heavy atom. The minimum Gasteiger partial charge on any atom is -0.357 e. The molecule has 1 saturated carbocycles. The Hall–Kier alpha value is -0.730. The van der Waals surface area contributed by atoms with Crippen LogP contribution in [0.25, 0.3) is 0 Å². The highest BCUT2D eigenvalue weighted by Crippen LogP contribution is 2.28. The zero-order valence-corrected chi connectivity index (χ0v) is 11.8. The standard InChI is InChI=1S/C14H29N3/c1-4-15-14(17-12(2)3)16-11-7-10-13-8-5-6-9-13/h12-13H,4-11H2,1-3H3,(H2,15,16,17). The molecule has 0 saturated heterocycles. The molecule has 0 spiro atoms. The van der Waals surface area contributed by atoms with Gasteiger partial charge in [-0.2, -0.15) is 0 Å². The molecule has 0 aliphatic heterocycles. The molecule has 1 aliphatic carbocycles. The van der Waals surface area contributed by atoms with E-state index in [-0.39, 0.29) is 0 Å². The molecule has 2 N–H and O–H groups in total. The molecule has 100 valence electrons. The van der Waals surface area contributed by atoms with Gasteiger partial charge in [-0.1, -0.05) is 25.7 Å². The number of hydrogen-bond donors (Lipinski definition) is 2. The van der Waals surface area contributed by atoms with Crippen LogP contribution in [0.2, 0.25) is 0 Å². The van der Waals surface area contributed by atoms with Gasteiger partial charge in [0, 0.05) is 19.1 Å². The molecule has 0 aromatic heterocycles. The van der Waals surface area contributed by atoms with E-state index in [4.69, 9.17) is 0 Å². The van der Waals surface area contributed by atoms with Crippen LogP contribution in [0.4, 0.5) is 0 Å². The van der Waals surface area contributed by atoms with E-state index in [9.17, 15) is 0 Å². The van der Waals surface area contributed by atoms with Gasteiger partial charge in [0.15, 0.2) is 5.96 Å². The highest BCUT2D eigenvalue weighted by molar-refractivity contribution is 5.79. The van der Waals surface area contributed by atoms with Crippen molar-refractivity contribution in [2.24, 2.45) is 10.9 Å². The van der Waals surface area contributed by atoms with E-state index in [1.54, 1.807) is 0 Å². The van der Waals surface area contributed by atoms with E-state index >= 15 is 0 Å². The van der Waals surface area contributed by atoms with Gasteiger partial charge in [0.1, 0.15) is 0 Å². The normalized spacial score (nSPS) is 17.8. The molecule has 0 aromatic carbocycles. The summed E-state index contributed by atoms with van der Waals surface area (Å²) in [4.78, 5) is 4.61. The van der Waals surface area contributed by atoms with E-state index in [1.165, 1.54) is 38.5 Å². The summed E-state index contributed by atoms with van der Waals surface area (Å²) in [5.41, 5.74) is 0. The van der Waals surface area contributed by atoms with Gasteiger partial charge >= 0.3 is 0 Å². The number of rotatable bonds is 6. The molecule has 0 bridgehead atoms. The van der Waals surface area contributed by atoms with Crippen molar-refractivity contribution in [1.82, 2.24) is 10.6 Å². The van der Waals surface area contributed by atoms with Gasteiger partial charge in [-0.25, -0.2) is 0 Å². The van der Waals surface area contributed by atoms with Crippen LogP contribution >= 0.6 is 0 Å². The van der Waals surface area contributed by atoms with E-state index in [1.807, 2.05) is 0 Å². The maximum Gasteiger partial charge on any atom is 0.191 e. The van der Waals surface area contributed by atoms with Crippen LogP contribution in [0.5, 0.6) is 0 Å². The Labute approximate surface area is 106 Å². The summed E-state index contributed by atoms with van der Waals surface area (Å²) in [5, 5.41) is 6.63. The van der Waals surface area contributed by atoms with E-state index in [0.717, 1.165) is 25.0 Å². The van der Waals surface area contributed by atoms with E-state index in [0.29, 0.717) is 6.04 Å².